The molecule has 1 aliphatic rings. The molecule has 6 heteroatoms. The average Bonchev–Trinajstić information content (AvgIpc) is 3.15. The minimum absolute atomic E-state index is 0.133. The van der Waals surface area contributed by atoms with Gasteiger partial charge in [0, 0.05) is 25.6 Å². The lowest BCUT2D eigenvalue weighted by molar-refractivity contribution is -0.146. The highest BCUT2D eigenvalue weighted by Crippen LogP contribution is 2.37. The van der Waals surface area contributed by atoms with E-state index in [9.17, 15) is 4.79 Å². The Bertz CT molecular complexity index is 850. The third kappa shape index (κ3) is 3.69. The molecule has 2 atom stereocenters. The molecule has 2 aromatic rings. The molecule has 0 aliphatic carbocycles. The zero-order valence-electron chi connectivity index (χ0n) is 15.9. The number of benzene rings is 2. The molecular weight excluding hydrogens is 346 g/mol. The van der Waals surface area contributed by atoms with E-state index >= 15 is 0 Å². The minimum atomic E-state index is -0.669. The first-order valence-corrected chi connectivity index (χ1v) is 8.75. The Labute approximate surface area is 159 Å². The maximum absolute atomic E-state index is 12.0. The van der Waals surface area contributed by atoms with E-state index in [0.29, 0.717) is 13.0 Å². The van der Waals surface area contributed by atoms with Crippen molar-refractivity contribution in [2.75, 3.05) is 34.7 Å². The molecule has 0 bridgehead atoms. The quantitative estimate of drug-likeness (QED) is 0.596. The maximum Gasteiger partial charge on any atom is 0.322 e. The highest BCUT2D eigenvalue weighted by Gasteiger charge is 2.44. The Kier molecular flexibility index (Phi) is 5.79. The van der Waals surface area contributed by atoms with Crippen molar-refractivity contribution >= 4 is 22.8 Å². The van der Waals surface area contributed by atoms with E-state index < -0.39 is 11.6 Å². The van der Waals surface area contributed by atoms with Crippen molar-refractivity contribution in [1.82, 2.24) is 5.32 Å². The fourth-order valence-electron chi connectivity index (χ4n) is 3.57. The van der Waals surface area contributed by atoms with Crippen molar-refractivity contribution in [3.63, 3.8) is 0 Å². The summed E-state index contributed by atoms with van der Waals surface area (Å²) in [5.74, 6) is 0.487. The van der Waals surface area contributed by atoms with Crippen LogP contribution < -0.4 is 10.1 Å². The zero-order valence-corrected chi connectivity index (χ0v) is 15.9. The van der Waals surface area contributed by atoms with Gasteiger partial charge in [0.2, 0.25) is 0 Å². The van der Waals surface area contributed by atoms with Gasteiger partial charge in [-0.05, 0) is 34.5 Å². The van der Waals surface area contributed by atoms with Crippen molar-refractivity contribution < 1.29 is 23.7 Å². The molecule has 1 N–H and O–H groups in total. The predicted molar refractivity (Wildman–Crippen MR) is 104 cm³/mol. The van der Waals surface area contributed by atoms with Crippen molar-refractivity contribution in [3.05, 3.63) is 48.0 Å². The first-order chi connectivity index (χ1) is 13.1. The number of rotatable bonds is 7. The van der Waals surface area contributed by atoms with Crippen LogP contribution in [0.15, 0.2) is 36.9 Å². The number of esters is 1. The fourth-order valence-corrected chi connectivity index (χ4v) is 3.57. The topological polar surface area (TPSA) is 66.0 Å². The van der Waals surface area contributed by atoms with E-state index in [1.54, 1.807) is 20.3 Å². The molecule has 2 unspecified atom stereocenters. The van der Waals surface area contributed by atoms with E-state index in [-0.39, 0.29) is 12.8 Å². The number of hydrogen-bond donors (Lipinski definition) is 1. The third-order valence-electron chi connectivity index (χ3n) is 5.04. The number of carbonyl (C=O) groups is 1. The van der Waals surface area contributed by atoms with E-state index in [1.165, 1.54) is 7.11 Å². The molecule has 0 aromatic heterocycles. The average molecular weight is 371 g/mol. The van der Waals surface area contributed by atoms with Crippen LogP contribution in [0.5, 0.6) is 5.75 Å². The van der Waals surface area contributed by atoms with Gasteiger partial charge in [0.25, 0.3) is 0 Å². The number of methoxy groups -OCH3 is 3. The van der Waals surface area contributed by atoms with Crippen LogP contribution in [-0.2, 0) is 24.6 Å². The van der Waals surface area contributed by atoms with Gasteiger partial charge in [-0.3, -0.25) is 4.79 Å². The first kappa shape index (κ1) is 19.4. The summed E-state index contributed by atoms with van der Waals surface area (Å²) in [5, 5.41) is 5.30. The Morgan fingerprint density at radius 1 is 1.26 bits per heavy atom. The summed E-state index contributed by atoms with van der Waals surface area (Å²) in [6, 6.07) is 9.74. The predicted octanol–water partition coefficient (Wildman–Crippen LogP) is 2.84. The zero-order chi connectivity index (χ0) is 19.4. The number of nitrogens with one attached hydrogen (secondary N) is 1. The first-order valence-electron chi connectivity index (χ1n) is 8.75. The molecule has 0 spiro atoms. The van der Waals surface area contributed by atoms with Gasteiger partial charge in [0.05, 0.1) is 14.2 Å². The molecule has 1 fully saturated rings. The Hall–Kier alpha value is -2.41. The van der Waals surface area contributed by atoms with Gasteiger partial charge in [-0.25, -0.2) is 0 Å². The Morgan fingerprint density at radius 3 is 2.74 bits per heavy atom. The van der Waals surface area contributed by atoms with Gasteiger partial charge >= 0.3 is 5.97 Å². The summed E-state index contributed by atoms with van der Waals surface area (Å²) < 4.78 is 21.5. The van der Waals surface area contributed by atoms with Crippen LogP contribution in [0.2, 0.25) is 0 Å². The normalized spacial score (nSPS) is 22.0. The molecule has 0 radical (unpaired) electrons. The maximum atomic E-state index is 12.0. The van der Waals surface area contributed by atoms with Crippen LogP contribution in [0, 0.1) is 0 Å². The van der Waals surface area contributed by atoms with Crippen molar-refractivity contribution in [3.8, 4) is 5.75 Å². The van der Waals surface area contributed by atoms with Crippen LogP contribution in [0.3, 0.4) is 0 Å². The van der Waals surface area contributed by atoms with Gasteiger partial charge in [0.1, 0.15) is 24.2 Å². The highest BCUT2D eigenvalue weighted by molar-refractivity contribution is 5.88. The summed E-state index contributed by atoms with van der Waals surface area (Å²) in [5.41, 5.74) is 1.23. The summed E-state index contributed by atoms with van der Waals surface area (Å²) in [7, 11) is 4.62. The lowest BCUT2D eigenvalue weighted by Crippen LogP contribution is -2.33. The van der Waals surface area contributed by atoms with Crippen molar-refractivity contribution in [2.24, 2.45) is 0 Å². The molecule has 2 aromatic carbocycles. The summed E-state index contributed by atoms with van der Waals surface area (Å²) in [6.45, 7) is 4.48. The smallest absolute Gasteiger partial charge is 0.322 e. The SMILES string of the molecule is C=Cc1cc2cc(C3(OCOC)CNC(C(=O)OC)C3)ccc2cc1OC. The molecule has 6 nitrogen and oxygen atoms in total. The fraction of sp³-hybridized carbons (Fsp3) is 0.381. The minimum Gasteiger partial charge on any atom is -0.496 e. The Morgan fingerprint density at radius 2 is 2.07 bits per heavy atom. The van der Waals surface area contributed by atoms with Crippen LogP contribution in [-0.4, -0.2) is 46.7 Å². The lowest BCUT2D eigenvalue weighted by atomic mass is 9.89. The number of hydrogen-bond acceptors (Lipinski definition) is 6. The van der Waals surface area contributed by atoms with E-state index in [0.717, 1.165) is 27.6 Å². The number of ether oxygens (including phenoxy) is 4. The van der Waals surface area contributed by atoms with Gasteiger partial charge in [-0.1, -0.05) is 24.8 Å². The van der Waals surface area contributed by atoms with Crippen LogP contribution in [0.1, 0.15) is 17.5 Å². The lowest BCUT2D eigenvalue weighted by Gasteiger charge is -2.29. The largest absolute Gasteiger partial charge is 0.496 e. The summed E-state index contributed by atoms with van der Waals surface area (Å²) in [4.78, 5) is 12.0. The summed E-state index contributed by atoms with van der Waals surface area (Å²) in [6.07, 6.45) is 2.24. The van der Waals surface area contributed by atoms with E-state index in [2.05, 4.69) is 18.0 Å². The van der Waals surface area contributed by atoms with Gasteiger partial charge in [-0.2, -0.15) is 0 Å². The van der Waals surface area contributed by atoms with Crippen LogP contribution >= 0.6 is 0 Å². The molecule has 1 heterocycles. The molecular formula is C21H25NO5. The molecule has 144 valence electrons. The van der Waals surface area contributed by atoms with Crippen molar-refractivity contribution in [2.45, 2.75) is 18.1 Å². The Balaban J connectivity index is 2.03. The van der Waals surface area contributed by atoms with Crippen LogP contribution in [0.25, 0.3) is 16.8 Å². The van der Waals surface area contributed by atoms with Gasteiger partial charge in [0.15, 0.2) is 0 Å². The molecule has 3 rings (SSSR count). The number of carbonyl (C=O) groups excluding carboxylic acids is 1. The standard InChI is InChI=1S/C21H25NO5/c1-5-14-8-16-9-17(7-6-15(16)10-19(14)25-3)21(27-13-24-2)11-18(22-12-21)20(23)26-4/h5-10,18,22H,1,11-13H2,2-4H3. The molecule has 27 heavy (non-hydrogen) atoms. The monoisotopic (exact) mass is 371 g/mol. The molecule has 0 amide bonds. The second-order valence-corrected chi connectivity index (χ2v) is 6.57. The van der Waals surface area contributed by atoms with Crippen molar-refractivity contribution in [1.29, 1.82) is 0 Å². The molecule has 1 aliphatic heterocycles. The molecule has 0 saturated carbocycles. The van der Waals surface area contributed by atoms with Gasteiger partial charge < -0.3 is 24.3 Å². The second kappa shape index (κ2) is 8.08. The third-order valence-corrected chi connectivity index (χ3v) is 5.04. The van der Waals surface area contributed by atoms with Gasteiger partial charge in [-0.15, -0.1) is 0 Å². The highest BCUT2D eigenvalue weighted by atomic mass is 16.7. The number of fused-ring (bicyclic) bond motifs is 1. The van der Waals surface area contributed by atoms with E-state index in [4.69, 9.17) is 18.9 Å². The van der Waals surface area contributed by atoms with E-state index in [1.807, 2.05) is 24.3 Å². The van der Waals surface area contributed by atoms with Crippen LogP contribution in [0.4, 0.5) is 0 Å². The molecule has 1 saturated heterocycles. The summed E-state index contributed by atoms with van der Waals surface area (Å²) >= 11 is 0. The second-order valence-electron chi connectivity index (χ2n) is 6.57.